The highest BCUT2D eigenvalue weighted by atomic mass is 32.2. The first-order chi connectivity index (χ1) is 11.3. The minimum atomic E-state index is -3.16. The number of benzene rings is 1. The van der Waals surface area contributed by atoms with Crippen molar-refractivity contribution in [2.45, 2.75) is 30.2 Å². The Balaban J connectivity index is 1.78. The number of nitrogens with zero attached hydrogens (tertiary/aromatic N) is 2. The van der Waals surface area contributed by atoms with E-state index >= 15 is 0 Å². The number of carbonyl (C=O) groups is 1. The van der Waals surface area contributed by atoms with Gasteiger partial charge in [-0.3, -0.25) is 0 Å². The summed E-state index contributed by atoms with van der Waals surface area (Å²) in [6.45, 7) is 2.58. The number of nitrogens with one attached hydrogen (secondary N) is 1. The van der Waals surface area contributed by atoms with Crippen LogP contribution in [0.4, 0.5) is 4.79 Å². The molecule has 1 heterocycles. The summed E-state index contributed by atoms with van der Waals surface area (Å²) in [5.41, 5.74) is 1.00. The van der Waals surface area contributed by atoms with Crippen LogP contribution in [0.3, 0.4) is 0 Å². The predicted molar refractivity (Wildman–Crippen MR) is 94.9 cm³/mol. The number of carbonyl (C=O) groups excluding carboxylic acids is 1. The van der Waals surface area contributed by atoms with Gasteiger partial charge in [0.05, 0.1) is 4.90 Å². The molecule has 0 bridgehead atoms. The van der Waals surface area contributed by atoms with E-state index in [1.54, 1.807) is 29.2 Å². The number of amides is 2. The molecule has 0 aliphatic carbocycles. The third-order valence-corrected chi connectivity index (χ3v) is 5.73. The van der Waals surface area contributed by atoms with Crippen LogP contribution in [0.15, 0.2) is 29.2 Å². The van der Waals surface area contributed by atoms with Gasteiger partial charge in [0.15, 0.2) is 9.84 Å². The standard InChI is InChI=1S/C17H27N3O3S/c1-19-12-9-15(10-13-19)20(2)17(21)18-11-8-14-4-6-16(7-5-14)24(3,22)23/h4-7,15H,8-13H2,1-3H3,(H,18,21). The van der Waals surface area contributed by atoms with Crippen molar-refractivity contribution < 1.29 is 13.2 Å². The van der Waals surface area contributed by atoms with Crippen molar-refractivity contribution >= 4 is 15.9 Å². The molecule has 0 aromatic heterocycles. The lowest BCUT2D eigenvalue weighted by Crippen LogP contribution is -2.48. The van der Waals surface area contributed by atoms with Crippen LogP contribution in [0.1, 0.15) is 18.4 Å². The molecular weight excluding hydrogens is 326 g/mol. The van der Waals surface area contributed by atoms with Crippen molar-refractivity contribution in [3.8, 4) is 0 Å². The van der Waals surface area contributed by atoms with Crippen LogP contribution in [-0.4, -0.2) is 70.3 Å². The molecule has 0 saturated carbocycles. The molecule has 2 rings (SSSR count). The van der Waals surface area contributed by atoms with Crippen molar-refractivity contribution in [3.05, 3.63) is 29.8 Å². The number of likely N-dealkylation sites (tertiary alicyclic amines) is 1. The molecule has 1 aromatic carbocycles. The second-order valence-electron chi connectivity index (χ2n) is 6.54. The number of piperidine rings is 1. The van der Waals surface area contributed by atoms with Crippen LogP contribution in [0, 0.1) is 0 Å². The summed E-state index contributed by atoms with van der Waals surface area (Å²) in [4.78, 5) is 16.6. The number of urea groups is 1. The van der Waals surface area contributed by atoms with Gasteiger partial charge in [-0.2, -0.15) is 0 Å². The summed E-state index contributed by atoms with van der Waals surface area (Å²) >= 11 is 0. The Hall–Kier alpha value is -1.60. The lowest BCUT2D eigenvalue weighted by molar-refractivity contribution is 0.148. The Morgan fingerprint density at radius 2 is 1.83 bits per heavy atom. The molecule has 0 radical (unpaired) electrons. The van der Waals surface area contributed by atoms with E-state index in [4.69, 9.17) is 0 Å². The van der Waals surface area contributed by atoms with E-state index in [0.717, 1.165) is 31.5 Å². The fraction of sp³-hybridized carbons (Fsp3) is 0.588. The van der Waals surface area contributed by atoms with Gasteiger partial charge < -0.3 is 15.1 Å². The van der Waals surface area contributed by atoms with Gasteiger partial charge in [0.25, 0.3) is 0 Å². The Bertz CT molecular complexity index is 650. The summed E-state index contributed by atoms with van der Waals surface area (Å²) in [7, 11) is 0.795. The topological polar surface area (TPSA) is 69.7 Å². The van der Waals surface area contributed by atoms with Gasteiger partial charge in [0, 0.05) is 25.9 Å². The SMILES string of the molecule is CN1CCC(N(C)C(=O)NCCc2ccc(S(C)(=O)=O)cc2)CC1. The third kappa shape index (κ3) is 5.21. The zero-order valence-corrected chi connectivity index (χ0v) is 15.5. The fourth-order valence-electron chi connectivity index (χ4n) is 2.89. The summed E-state index contributed by atoms with van der Waals surface area (Å²) < 4.78 is 22.9. The molecule has 2 amide bonds. The number of sulfone groups is 1. The quantitative estimate of drug-likeness (QED) is 0.868. The van der Waals surface area contributed by atoms with Crippen molar-refractivity contribution in [2.75, 3.05) is 40.0 Å². The average Bonchev–Trinajstić information content (AvgIpc) is 2.54. The highest BCUT2D eigenvalue weighted by Gasteiger charge is 2.23. The number of hydrogen-bond acceptors (Lipinski definition) is 4. The predicted octanol–water partition coefficient (Wildman–Crippen LogP) is 1.37. The summed E-state index contributed by atoms with van der Waals surface area (Å²) in [5.74, 6) is 0. The van der Waals surface area contributed by atoms with Crippen LogP contribution in [0.25, 0.3) is 0 Å². The first-order valence-electron chi connectivity index (χ1n) is 8.25. The molecule has 0 unspecified atom stereocenters. The Morgan fingerprint density at radius 3 is 2.38 bits per heavy atom. The Morgan fingerprint density at radius 1 is 1.25 bits per heavy atom. The van der Waals surface area contributed by atoms with Crippen LogP contribution in [0.2, 0.25) is 0 Å². The van der Waals surface area contributed by atoms with Gasteiger partial charge in [-0.1, -0.05) is 12.1 Å². The molecule has 1 N–H and O–H groups in total. The lowest BCUT2D eigenvalue weighted by Gasteiger charge is -2.35. The Kier molecular flexibility index (Phi) is 6.23. The second-order valence-corrected chi connectivity index (χ2v) is 8.56. The van der Waals surface area contributed by atoms with Crippen LogP contribution in [-0.2, 0) is 16.3 Å². The maximum absolute atomic E-state index is 12.2. The highest BCUT2D eigenvalue weighted by Crippen LogP contribution is 2.14. The molecule has 1 aliphatic heterocycles. The van der Waals surface area contributed by atoms with Gasteiger partial charge in [0.1, 0.15) is 0 Å². The van der Waals surface area contributed by atoms with E-state index in [9.17, 15) is 13.2 Å². The van der Waals surface area contributed by atoms with E-state index in [-0.39, 0.29) is 6.03 Å². The van der Waals surface area contributed by atoms with Gasteiger partial charge in [-0.15, -0.1) is 0 Å². The molecule has 1 aromatic rings. The third-order valence-electron chi connectivity index (χ3n) is 4.60. The maximum Gasteiger partial charge on any atom is 0.317 e. The number of rotatable bonds is 5. The molecule has 1 fully saturated rings. The van der Waals surface area contributed by atoms with Gasteiger partial charge >= 0.3 is 6.03 Å². The van der Waals surface area contributed by atoms with Crippen molar-refractivity contribution in [2.24, 2.45) is 0 Å². The molecule has 134 valence electrons. The zero-order chi connectivity index (χ0) is 17.7. The molecule has 0 spiro atoms. The molecule has 0 atom stereocenters. The van der Waals surface area contributed by atoms with E-state index in [1.165, 1.54) is 6.26 Å². The highest BCUT2D eigenvalue weighted by molar-refractivity contribution is 7.90. The van der Waals surface area contributed by atoms with Gasteiger partial charge in [-0.05, 0) is 57.1 Å². The first kappa shape index (κ1) is 18.7. The van der Waals surface area contributed by atoms with E-state index in [1.807, 2.05) is 7.05 Å². The van der Waals surface area contributed by atoms with Gasteiger partial charge in [-0.25, -0.2) is 13.2 Å². The molecular formula is C17H27N3O3S. The molecule has 1 aliphatic rings. The monoisotopic (exact) mass is 353 g/mol. The lowest BCUT2D eigenvalue weighted by atomic mass is 10.0. The van der Waals surface area contributed by atoms with Crippen LogP contribution < -0.4 is 5.32 Å². The summed E-state index contributed by atoms with van der Waals surface area (Å²) in [5, 5.41) is 2.94. The zero-order valence-electron chi connectivity index (χ0n) is 14.7. The van der Waals surface area contributed by atoms with Crippen molar-refractivity contribution in [1.82, 2.24) is 15.1 Å². The average molecular weight is 353 g/mol. The fourth-order valence-corrected chi connectivity index (χ4v) is 3.52. The minimum absolute atomic E-state index is 0.0442. The van der Waals surface area contributed by atoms with Crippen molar-refractivity contribution in [3.63, 3.8) is 0 Å². The molecule has 24 heavy (non-hydrogen) atoms. The van der Waals surface area contributed by atoms with E-state index < -0.39 is 9.84 Å². The summed E-state index contributed by atoms with van der Waals surface area (Å²) in [6.07, 6.45) is 3.89. The smallest absolute Gasteiger partial charge is 0.317 e. The van der Waals surface area contributed by atoms with Gasteiger partial charge in [0.2, 0.25) is 0 Å². The summed E-state index contributed by atoms with van der Waals surface area (Å²) in [6, 6.07) is 7.06. The van der Waals surface area contributed by atoms with E-state index in [2.05, 4.69) is 17.3 Å². The van der Waals surface area contributed by atoms with Crippen LogP contribution in [0.5, 0.6) is 0 Å². The number of hydrogen-bond donors (Lipinski definition) is 1. The van der Waals surface area contributed by atoms with E-state index in [0.29, 0.717) is 23.9 Å². The molecule has 7 heteroatoms. The normalized spacial score (nSPS) is 16.8. The largest absolute Gasteiger partial charge is 0.338 e. The Labute approximate surface area is 144 Å². The maximum atomic E-state index is 12.2. The first-order valence-corrected chi connectivity index (χ1v) is 10.1. The van der Waals surface area contributed by atoms with Crippen LogP contribution >= 0.6 is 0 Å². The van der Waals surface area contributed by atoms with Crippen molar-refractivity contribution in [1.29, 1.82) is 0 Å². The molecule has 6 nitrogen and oxygen atoms in total. The molecule has 1 saturated heterocycles. The minimum Gasteiger partial charge on any atom is -0.338 e. The second kappa shape index (κ2) is 7.98.